The third-order valence-corrected chi connectivity index (χ3v) is 6.35. The van der Waals surface area contributed by atoms with Gasteiger partial charge >= 0.3 is 0 Å². The number of carbonyl (C=O) groups excluding carboxylic acids is 1. The van der Waals surface area contributed by atoms with Crippen LogP contribution in [0.3, 0.4) is 0 Å². The van der Waals surface area contributed by atoms with Crippen LogP contribution in [-0.4, -0.2) is 59.8 Å². The minimum atomic E-state index is -3.30. The number of hydrogen-bond donors (Lipinski definition) is 1. The van der Waals surface area contributed by atoms with Crippen molar-refractivity contribution < 1.29 is 17.9 Å². The van der Waals surface area contributed by atoms with Gasteiger partial charge in [0.2, 0.25) is 10.0 Å². The standard InChI is InChI=1S/C21H27N3O4S/c1-23(2)19(17-7-5-6-8-20(17)28-3)14-22-21(25)16-9-10-18-15(13-16)11-12-24(18)29(4,26)27/h5-10,13,19H,11-12,14H2,1-4H3,(H,22,25). The Morgan fingerprint density at radius 2 is 1.97 bits per heavy atom. The van der Waals surface area contributed by atoms with Crippen LogP contribution >= 0.6 is 0 Å². The van der Waals surface area contributed by atoms with Gasteiger partial charge in [0.05, 0.1) is 25.1 Å². The summed E-state index contributed by atoms with van der Waals surface area (Å²) in [7, 11) is 2.25. The summed E-state index contributed by atoms with van der Waals surface area (Å²) in [5, 5.41) is 2.99. The van der Waals surface area contributed by atoms with Crippen molar-refractivity contribution in [2.24, 2.45) is 0 Å². The molecule has 0 saturated carbocycles. The smallest absolute Gasteiger partial charge is 0.251 e. The number of hydrogen-bond acceptors (Lipinski definition) is 5. The van der Waals surface area contributed by atoms with Gasteiger partial charge in [-0.05, 0) is 50.3 Å². The van der Waals surface area contributed by atoms with Crippen molar-refractivity contribution in [1.29, 1.82) is 0 Å². The number of methoxy groups -OCH3 is 1. The number of benzene rings is 2. The van der Waals surface area contributed by atoms with Gasteiger partial charge in [0, 0.05) is 24.2 Å². The van der Waals surface area contributed by atoms with Crippen LogP contribution in [0.15, 0.2) is 42.5 Å². The molecule has 1 unspecified atom stereocenters. The van der Waals surface area contributed by atoms with Crippen LogP contribution in [0.4, 0.5) is 5.69 Å². The first-order valence-electron chi connectivity index (χ1n) is 9.40. The number of nitrogens with zero attached hydrogens (tertiary/aromatic N) is 2. The lowest BCUT2D eigenvalue weighted by Crippen LogP contribution is -2.34. The van der Waals surface area contributed by atoms with Gasteiger partial charge in [-0.1, -0.05) is 18.2 Å². The highest BCUT2D eigenvalue weighted by Crippen LogP contribution is 2.31. The number of ether oxygens (including phenoxy) is 1. The molecule has 0 spiro atoms. The Bertz CT molecular complexity index is 1000. The van der Waals surface area contributed by atoms with Crippen molar-refractivity contribution >= 4 is 21.6 Å². The fourth-order valence-electron chi connectivity index (χ4n) is 3.66. The minimum absolute atomic E-state index is 0.0507. The van der Waals surface area contributed by atoms with Crippen LogP contribution in [-0.2, 0) is 16.4 Å². The van der Waals surface area contributed by atoms with E-state index in [0.29, 0.717) is 30.8 Å². The Kier molecular flexibility index (Phi) is 6.14. The van der Waals surface area contributed by atoms with Crippen LogP contribution in [0.5, 0.6) is 5.75 Å². The number of rotatable bonds is 7. The summed E-state index contributed by atoms with van der Waals surface area (Å²) in [5.41, 5.74) is 3.05. The number of anilines is 1. The van der Waals surface area contributed by atoms with Gasteiger partial charge in [-0.2, -0.15) is 0 Å². The molecular weight excluding hydrogens is 390 g/mol. The number of sulfonamides is 1. The maximum atomic E-state index is 12.7. The first-order chi connectivity index (χ1) is 13.7. The first kappa shape index (κ1) is 21.1. The summed E-state index contributed by atoms with van der Waals surface area (Å²) in [6.07, 6.45) is 1.80. The molecule has 2 aromatic rings. The molecule has 0 radical (unpaired) electrons. The van der Waals surface area contributed by atoms with Crippen LogP contribution in [0.25, 0.3) is 0 Å². The van der Waals surface area contributed by atoms with Crippen LogP contribution in [0, 0.1) is 0 Å². The van der Waals surface area contributed by atoms with Crippen LogP contribution < -0.4 is 14.4 Å². The van der Waals surface area contributed by atoms with Crippen molar-refractivity contribution in [3.05, 3.63) is 59.2 Å². The molecule has 1 amide bonds. The molecule has 29 heavy (non-hydrogen) atoms. The fraction of sp³-hybridized carbons (Fsp3) is 0.381. The lowest BCUT2D eigenvalue weighted by atomic mass is 10.0. The van der Waals surface area contributed by atoms with E-state index in [0.717, 1.165) is 16.9 Å². The van der Waals surface area contributed by atoms with E-state index in [1.54, 1.807) is 25.3 Å². The molecular formula is C21H27N3O4S. The molecule has 1 atom stereocenters. The predicted molar refractivity (Wildman–Crippen MR) is 114 cm³/mol. The predicted octanol–water partition coefficient (Wildman–Crippen LogP) is 2.05. The molecule has 7 nitrogen and oxygen atoms in total. The normalized spacial score (nSPS) is 14.6. The SMILES string of the molecule is COc1ccccc1C(CNC(=O)c1ccc2c(c1)CCN2S(C)(=O)=O)N(C)C. The zero-order chi connectivity index (χ0) is 21.2. The lowest BCUT2D eigenvalue weighted by molar-refractivity contribution is 0.0941. The third-order valence-electron chi connectivity index (χ3n) is 5.17. The second-order valence-corrected chi connectivity index (χ2v) is 9.27. The van der Waals surface area contributed by atoms with Crippen molar-refractivity contribution in [2.75, 3.05) is 44.9 Å². The topological polar surface area (TPSA) is 79.0 Å². The lowest BCUT2D eigenvalue weighted by Gasteiger charge is -2.26. The monoisotopic (exact) mass is 417 g/mol. The Balaban J connectivity index is 1.75. The van der Waals surface area contributed by atoms with Crippen molar-refractivity contribution in [1.82, 2.24) is 10.2 Å². The number of para-hydroxylation sites is 1. The van der Waals surface area contributed by atoms with E-state index in [1.165, 1.54) is 10.6 Å². The summed E-state index contributed by atoms with van der Waals surface area (Å²) in [5.74, 6) is 0.589. The van der Waals surface area contributed by atoms with Crippen LogP contribution in [0.1, 0.15) is 27.5 Å². The molecule has 1 heterocycles. The molecule has 0 aliphatic carbocycles. The van der Waals surface area contributed by atoms with E-state index in [9.17, 15) is 13.2 Å². The Morgan fingerprint density at radius 3 is 2.62 bits per heavy atom. The number of likely N-dealkylation sites (N-methyl/N-ethyl adjacent to an activating group) is 1. The van der Waals surface area contributed by atoms with Gasteiger partial charge in [-0.25, -0.2) is 8.42 Å². The van der Waals surface area contributed by atoms with Gasteiger partial charge in [-0.3, -0.25) is 9.10 Å². The molecule has 1 aliphatic rings. The number of amides is 1. The number of fused-ring (bicyclic) bond motifs is 1. The van der Waals surface area contributed by atoms with Gasteiger partial charge in [0.15, 0.2) is 0 Å². The zero-order valence-corrected chi connectivity index (χ0v) is 18.0. The summed E-state index contributed by atoms with van der Waals surface area (Å²) in [6.45, 7) is 0.828. The largest absolute Gasteiger partial charge is 0.496 e. The van der Waals surface area contributed by atoms with Gasteiger partial charge < -0.3 is 15.0 Å². The van der Waals surface area contributed by atoms with E-state index in [2.05, 4.69) is 5.32 Å². The van der Waals surface area contributed by atoms with E-state index < -0.39 is 10.0 Å². The van der Waals surface area contributed by atoms with Crippen LogP contribution in [0.2, 0.25) is 0 Å². The second-order valence-electron chi connectivity index (χ2n) is 7.36. The number of carbonyl (C=O) groups is 1. The molecule has 0 bridgehead atoms. The molecule has 0 fully saturated rings. The summed E-state index contributed by atoms with van der Waals surface area (Å²) >= 11 is 0. The van der Waals surface area contributed by atoms with Crippen molar-refractivity contribution in [2.45, 2.75) is 12.5 Å². The highest BCUT2D eigenvalue weighted by atomic mass is 32.2. The van der Waals surface area contributed by atoms with Gasteiger partial charge in [0.25, 0.3) is 5.91 Å². The Morgan fingerprint density at radius 1 is 1.24 bits per heavy atom. The van der Waals surface area contributed by atoms with E-state index >= 15 is 0 Å². The zero-order valence-electron chi connectivity index (χ0n) is 17.2. The van der Waals surface area contributed by atoms with Crippen molar-refractivity contribution in [3.63, 3.8) is 0 Å². The molecule has 1 N–H and O–H groups in total. The summed E-state index contributed by atoms with van der Waals surface area (Å²) < 4.78 is 30.6. The maximum Gasteiger partial charge on any atom is 0.251 e. The quantitative estimate of drug-likeness (QED) is 0.746. The Labute approximate surface area is 172 Å². The van der Waals surface area contributed by atoms with Gasteiger partial charge in [0.1, 0.15) is 5.75 Å². The molecule has 3 rings (SSSR count). The van der Waals surface area contributed by atoms with E-state index in [4.69, 9.17) is 4.74 Å². The third kappa shape index (κ3) is 4.54. The summed E-state index contributed by atoms with van der Waals surface area (Å²) in [4.78, 5) is 14.8. The molecule has 156 valence electrons. The molecule has 8 heteroatoms. The van der Waals surface area contributed by atoms with E-state index in [-0.39, 0.29) is 11.9 Å². The highest BCUT2D eigenvalue weighted by molar-refractivity contribution is 7.92. The summed E-state index contributed by atoms with van der Waals surface area (Å²) in [6, 6.07) is 12.9. The minimum Gasteiger partial charge on any atom is -0.496 e. The Hall–Kier alpha value is -2.58. The molecule has 2 aromatic carbocycles. The number of nitrogens with one attached hydrogen (secondary N) is 1. The van der Waals surface area contributed by atoms with Crippen molar-refractivity contribution in [3.8, 4) is 5.75 Å². The van der Waals surface area contributed by atoms with Gasteiger partial charge in [-0.15, -0.1) is 0 Å². The highest BCUT2D eigenvalue weighted by Gasteiger charge is 2.27. The maximum absolute atomic E-state index is 12.7. The fourth-order valence-corrected chi connectivity index (χ4v) is 4.62. The average Bonchev–Trinajstić information content (AvgIpc) is 3.11. The second kappa shape index (κ2) is 8.42. The molecule has 1 aliphatic heterocycles. The molecule has 0 aromatic heterocycles. The average molecular weight is 418 g/mol. The molecule has 0 saturated heterocycles. The first-order valence-corrected chi connectivity index (χ1v) is 11.3. The van der Waals surface area contributed by atoms with E-state index in [1.807, 2.05) is 43.3 Å².